The fraction of sp³-hybridized carbons (Fsp3) is 0.375. The zero-order valence-electron chi connectivity index (χ0n) is 13.4. The van der Waals surface area contributed by atoms with Crippen molar-refractivity contribution in [3.05, 3.63) is 35.2 Å². The quantitative estimate of drug-likeness (QED) is 0.780. The number of nitrogens with zero attached hydrogens (tertiary/aromatic N) is 4. The first-order valence-electron chi connectivity index (χ1n) is 7.54. The van der Waals surface area contributed by atoms with Gasteiger partial charge >= 0.3 is 0 Å². The first-order valence-corrected chi connectivity index (χ1v) is 8.42. The SMILES string of the molecule is CC(C)c1csc2ncnc(NC(=O)CCc3cnn(C)c3)c12. The van der Waals surface area contributed by atoms with Gasteiger partial charge in [0.25, 0.3) is 0 Å². The molecule has 0 spiro atoms. The molecule has 120 valence electrons. The highest BCUT2D eigenvalue weighted by Crippen LogP contribution is 2.33. The van der Waals surface area contributed by atoms with Crippen molar-refractivity contribution < 1.29 is 4.79 Å². The molecule has 23 heavy (non-hydrogen) atoms. The molecule has 0 aromatic carbocycles. The predicted octanol–water partition coefficient (Wildman–Crippen LogP) is 3.12. The second-order valence-electron chi connectivity index (χ2n) is 5.82. The second-order valence-corrected chi connectivity index (χ2v) is 6.68. The van der Waals surface area contributed by atoms with Crippen LogP contribution >= 0.6 is 11.3 Å². The highest BCUT2D eigenvalue weighted by Gasteiger charge is 2.15. The standard InChI is InChI=1S/C16H19N5OS/c1-10(2)12-8-23-16-14(12)15(17-9-18-16)20-13(22)5-4-11-6-19-21(3)7-11/h6-10H,4-5H2,1-3H3,(H,17,18,20,22). The van der Waals surface area contributed by atoms with E-state index in [9.17, 15) is 4.79 Å². The van der Waals surface area contributed by atoms with Crippen molar-refractivity contribution in [2.45, 2.75) is 32.6 Å². The highest BCUT2D eigenvalue weighted by molar-refractivity contribution is 7.17. The summed E-state index contributed by atoms with van der Waals surface area (Å²) in [5.74, 6) is 0.923. The molecule has 3 aromatic heterocycles. The second kappa shape index (κ2) is 6.45. The summed E-state index contributed by atoms with van der Waals surface area (Å²) in [4.78, 5) is 21.7. The number of aryl methyl sites for hydroxylation is 2. The number of rotatable bonds is 5. The molecule has 0 aliphatic rings. The summed E-state index contributed by atoms with van der Waals surface area (Å²) in [6.07, 6.45) is 6.27. The van der Waals surface area contributed by atoms with E-state index in [-0.39, 0.29) is 5.91 Å². The van der Waals surface area contributed by atoms with E-state index in [1.54, 1.807) is 22.2 Å². The number of thiophene rings is 1. The Labute approximate surface area is 138 Å². The minimum Gasteiger partial charge on any atom is -0.310 e. The van der Waals surface area contributed by atoms with Gasteiger partial charge < -0.3 is 5.32 Å². The van der Waals surface area contributed by atoms with Crippen LogP contribution in [0.3, 0.4) is 0 Å². The number of hydrogen-bond donors (Lipinski definition) is 1. The van der Waals surface area contributed by atoms with Gasteiger partial charge in [0, 0.05) is 19.7 Å². The Bertz CT molecular complexity index is 836. The Morgan fingerprint density at radius 3 is 2.91 bits per heavy atom. The molecule has 1 amide bonds. The fourth-order valence-electron chi connectivity index (χ4n) is 2.47. The van der Waals surface area contributed by atoms with Crippen LogP contribution in [0, 0.1) is 0 Å². The van der Waals surface area contributed by atoms with Crippen LogP contribution < -0.4 is 5.32 Å². The molecule has 0 saturated heterocycles. The van der Waals surface area contributed by atoms with Crippen LogP contribution in [0.1, 0.15) is 37.3 Å². The lowest BCUT2D eigenvalue weighted by molar-refractivity contribution is -0.116. The third-order valence-corrected chi connectivity index (χ3v) is 4.58. The zero-order valence-corrected chi connectivity index (χ0v) is 14.2. The molecule has 0 radical (unpaired) electrons. The van der Waals surface area contributed by atoms with Crippen LogP contribution in [0.4, 0.5) is 5.82 Å². The van der Waals surface area contributed by atoms with Gasteiger partial charge in [-0.05, 0) is 28.8 Å². The van der Waals surface area contributed by atoms with Crippen molar-refractivity contribution in [2.24, 2.45) is 7.05 Å². The van der Waals surface area contributed by atoms with Crippen LogP contribution in [0.2, 0.25) is 0 Å². The van der Waals surface area contributed by atoms with Crippen LogP contribution in [0.15, 0.2) is 24.1 Å². The van der Waals surface area contributed by atoms with Gasteiger partial charge in [-0.1, -0.05) is 13.8 Å². The normalized spacial score (nSPS) is 11.3. The lowest BCUT2D eigenvalue weighted by Gasteiger charge is -2.08. The predicted molar refractivity (Wildman–Crippen MR) is 91.7 cm³/mol. The lowest BCUT2D eigenvalue weighted by atomic mass is 10.0. The van der Waals surface area contributed by atoms with Crippen LogP contribution in [0.25, 0.3) is 10.2 Å². The van der Waals surface area contributed by atoms with Crippen molar-refractivity contribution in [1.29, 1.82) is 0 Å². The number of nitrogens with one attached hydrogen (secondary N) is 1. The maximum Gasteiger partial charge on any atom is 0.225 e. The van der Waals surface area contributed by atoms with Gasteiger partial charge in [-0.25, -0.2) is 9.97 Å². The molecule has 3 heterocycles. The molecule has 3 aromatic rings. The van der Waals surface area contributed by atoms with Crippen molar-refractivity contribution in [1.82, 2.24) is 19.7 Å². The summed E-state index contributed by atoms with van der Waals surface area (Å²) in [6, 6.07) is 0. The Balaban J connectivity index is 1.75. The molecule has 0 aliphatic carbocycles. The summed E-state index contributed by atoms with van der Waals surface area (Å²) in [7, 11) is 1.87. The minimum absolute atomic E-state index is 0.0465. The van der Waals surface area contributed by atoms with E-state index in [0.29, 0.717) is 24.6 Å². The number of anilines is 1. The third-order valence-electron chi connectivity index (χ3n) is 3.68. The molecule has 1 N–H and O–H groups in total. The fourth-order valence-corrected chi connectivity index (χ4v) is 3.54. The highest BCUT2D eigenvalue weighted by atomic mass is 32.1. The van der Waals surface area contributed by atoms with Gasteiger partial charge in [-0.3, -0.25) is 9.48 Å². The van der Waals surface area contributed by atoms with Gasteiger partial charge in [0.1, 0.15) is 17.0 Å². The van der Waals surface area contributed by atoms with E-state index in [1.165, 1.54) is 11.9 Å². The molecule has 6 nitrogen and oxygen atoms in total. The zero-order chi connectivity index (χ0) is 16.4. The first kappa shape index (κ1) is 15.6. The molecule has 0 saturated carbocycles. The third kappa shape index (κ3) is 3.39. The van der Waals surface area contributed by atoms with Gasteiger partial charge in [-0.15, -0.1) is 11.3 Å². The lowest BCUT2D eigenvalue weighted by Crippen LogP contribution is -2.14. The molecule has 0 aliphatic heterocycles. The Kier molecular flexibility index (Phi) is 4.38. The van der Waals surface area contributed by atoms with E-state index < -0.39 is 0 Å². The molecular formula is C16H19N5OS. The van der Waals surface area contributed by atoms with Crippen LogP contribution in [0.5, 0.6) is 0 Å². The van der Waals surface area contributed by atoms with Gasteiger partial charge in [0.05, 0.1) is 11.6 Å². The molecule has 7 heteroatoms. The summed E-state index contributed by atoms with van der Waals surface area (Å²) in [5, 5.41) is 10.1. The van der Waals surface area contributed by atoms with E-state index in [2.05, 4.69) is 39.6 Å². The van der Waals surface area contributed by atoms with Gasteiger partial charge in [0.2, 0.25) is 5.91 Å². The average molecular weight is 329 g/mol. The number of amides is 1. The average Bonchev–Trinajstić information content (AvgIpc) is 3.12. The number of carbonyl (C=O) groups excluding carboxylic acids is 1. The topological polar surface area (TPSA) is 72.7 Å². The Morgan fingerprint density at radius 2 is 2.22 bits per heavy atom. The van der Waals surface area contributed by atoms with Crippen molar-refractivity contribution in [3.8, 4) is 0 Å². The van der Waals surface area contributed by atoms with Crippen LogP contribution in [-0.4, -0.2) is 25.7 Å². The Morgan fingerprint density at radius 1 is 1.39 bits per heavy atom. The molecule has 0 unspecified atom stereocenters. The number of aromatic nitrogens is 4. The number of hydrogen-bond acceptors (Lipinski definition) is 5. The van der Waals surface area contributed by atoms with Gasteiger partial charge in [-0.2, -0.15) is 5.10 Å². The molecular weight excluding hydrogens is 310 g/mol. The first-order chi connectivity index (χ1) is 11.0. The molecule has 0 bridgehead atoms. The Hall–Kier alpha value is -2.28. The summed E-state index contributed by atoms with van der Waals surface area (Å²) in [6.45, 7) is 4.25. The van der Waals surface area contributed by atoms with Crippen molar-refractivity contribution >= 4 is 33.3 Å². The molecule has 3 rings (SSSR count). The van der Waals surface area contributed by atoms with Crippen molar-refractivity contribution in [3.63, 3.8) is 0 Å². The van der Waals surface area contributed by atoms with Crippen LogP contribution in [-0.2, 0) is 18.3 Å². The maximum atomic E-state index is 12.2. The van der Waals surface area contributed by atoms with Gasteiger partial charge in [0.15, 0.2) is 0 Å². The van der Waals surface area contributed by atoms with E-state index in [4.69, 9.17) is 0 Å². The number of fused-ring (bicyclic) bond motifs is 1. The van der Waals surface area contributed by atoms with E-state index >= 15 is 0 Å². The van der Waals surface area contributed by atoms with E-state index in [1.807, 2.05) is 13.2 Å². The summed E-state index contributed by atoms with van der Waals surface area (Å²) >= 11 is 1.58. The van der Waals surface area contributed by atoms with Crippen molar-refractivity contribution in [2.75, 3.05) is 5.32 Å². The largest absolute Gasteiger partial charge is 0.310 e. The summed E-state index contributed by atoms with van der Waals surface area (Å²) < 4.78 is 1.74. The molecule has 0 atom stereocenters. The summed E-state index contributed by atoms with van der Waals surface area (Å²) in [5.41, 5.74) is 2.22. The maximum absolute atomic E-state index is 12.2. The molecule has 0 fully saturated rings. The smallest absolute Gasteiger partial charge is 0.225 e. The minimum atomic E-state index is -0.0465. The van der Waals surface area contributed by atoms with E-state index in [0.717, 1.165) is 15.8 Å². The number of carbonyl (C=O) groups is 1. The monoisotopic (exact) mass is 329 g/mol.